The molecule has 4 heteroatoms. The van der Waals surface area contributed by atoms with Crippen molar-refractivity contribution in [2.45, 2.75) is 91.5 Å². The lowest BCUT2D eigenvalue weighted by Gasteiger charge is -2.45. The molecule has 3 nitrogen and oxygen atoms in total. The molecule has 0 saturated heterocycles. The Morgan fingerprint density at radius 1 is 0.667 bits per heavy atom. The summed E-state index contributed by atoms with van der Waals surface area (Å²) in [7, 11) is -2.65. The Kier molecular flexibility index (Phi) is 11.7. The summed E-state index contributed by atoms with van der Waals surface area (Å²) in [5, 5.41) is 0.0844. The molecular weight excluding hydrogens is 280 g/mol. The van der Waals surface area contributed by atoms with Crippen molar-refractivity contribution < 1.29 is 13.3 Å². The fraction of sp³-hybridized carbons (Fsp3) is 1.00. The largest absolute Gasteiger partial charge is 0.507 e. The van der Waals surface area contributed by atoms with Gasteiger partial charge in [-0.1, -0.05) is 46.5 Å². The standard InChI is InChI=1S/C17H38O3Si/c1-7-13-15-17(9-3,16-14-8-2)21(18-10-4,19-11-5)20-12-6/h7-16H2,1-6H3. The molecule has 0 aliphatic carbocycles. The fourth-order valence-corrected chi connectivity index (χ4v) is 6.89. The van der Waals surface area contributed by atoms with E-state index >= 15 is 0 Å². The first-order valence-corrected chi connectivity index (χ1v) is 10.8. The SMILES string of the molecule is CCCCC(CC)(CCCC)[Si](OCC)(OCC)OCC. The quantitative estimate of drug-likeness (QED) is 0.392. The van der Waals surface area contributed by atoms with Gasteiger partial charge in [0, 0.05) is 24.9 Å². The van der Waals surface area contributed by atoms with Gasteiger partial charge in [-0.15, -0.1) is 0 Å². The minimum absolute atomic E-state index is 0.0844. The molecule has 0 rings (SSSR count). The van der Waals surface area contributed by atoms with Gasteiger partial charge >= 0.3 is 8.80 Å². The Morgan fingerprint density at radius 3 is 1.29 bits per heavy atom. The van der Waals surface area contributed by atoms with E-state index in [1.54, 1.807) is 0 Å². The zero-order valence-corrected chi connectivity index (χ0v) is 16.3. The second-order valence-electron chi connectivity index (χ2n) is 5.70. The van der Waals surface area contributed by atoms with Crippen LogP contribution in [0.4, 0.5) is 0 Å². The fourth-order valence-electron chi connectivity index (χ4n) is 3.19. The summed E-state index contributed by atoms with van der Waals surface area (Å²) in [5.74, 6) is 0. The van der Waals surface area contributed by atoms with Gasteiger partial charge in [0.1, 0.15) is 0 Å². The highest BCUT2D eigenvalue weighted by Gasteiger charge is 2.58. The molecule has 0 spiro atoms. The van der Waals surface area contributed by atoms with Crippen LogP contribution in [0, 0.1) is 0 Å². The van der Waals surface area contributed by atoms with E-state index in [0.29, 0.717) is 19.8 Å². The van der Waals surface area contributed by atoms with E-state index < -0.39 is 8.80 Å². The van der Waals surface area contributed by atoms with Gasteiger partial charge in [-0.25, -0.2) is 0 Å². The number of hydrogen-bond donors (Lipinski definition) is 0. The highest BCUT2D eigenvalue weighted by atomic mass is 28.4. The average molecular weight is 319 g/mol. The van der Waals surface area contributed by atoms with Crippen molar-refractivity contribution in [3.8, 4) is 0 Å². The van der Waals surface area contributed by atoms with E-state index in [4.69, 9.17) is 13.3 Å². The molecule has 0 fully saturated rings. The average Bonchev–Trinajstić information content (AvgIpc) is 2.48. The van der Waals surface area contributed by atoms with Gasteiger partial charge in [0.2, 0.25) is 0 Å². The Hall–Kier alpha value is 0.0969. The lowest BCUT2D eigenvalue weighted by atomic mass is 9.92. The first-order valence-electron chi connectivity index (χ1n) is 9.03. The van der Waals surface area contributed by atoms with Crippen LogP contribution >= 0.6 is 0 Å². The van der Waals surface area contributed by atoms with Crippen LogP contribution in [-0.2, 0) is 13.3 Å². The van der Waals surface area contributed by atoms with Gasteiger partial charge < -0.3 is 13.3 Å². The summed E-state index contributed by atoms with van der Waals surface area (Å²) < 4.78 is 18.8. The molecule has 0 N–H and O–H groups in total. The molecule has 128 valence electrons. The second-order valence-corrected chi connectivity index (χ2v) is 8.74. The minimum atomic E-state index is -2.65. The van der Waals surface area contributed by atoms with Crippen LogP contribution in [0.15, 0.2) is 0 Å². The molecule has 0 aliphatic rings. The van der Waals surface area contributed by atoms with Crippen LogP contribution in [0.5, 0.6) is 0 Å². The van der Waals surface area contributed by atoms with E-state index in [9.17, 15) is 0 Å². The summed E-state index contributed by atoms with van der Waals surface area (Å²) >= 11 is 0. The third kappa shape index (κ3) is 5.66. The third-order valence-corrected chi connectivity index (χ3v) is 8.51. The van der Waals surface area contributed by atoms with E-state index in [1.165, 1.54) is 25.7 Å². The summed E-state index contributed by atoms with van der Waals surface area (Å²) in [6.07, 6.45) is 8.27. The second kappa shape index (κ2) is 11.6. The van der Waals surface area contributed by atoms with Crippen LogP contribution in [0.3, 0.4) is 0 Å². The number of unbranched alkanes of at least 4 members (excludes halogenated alkanes) is 2. The molecule has 0 heterocycles. The Labute approximate surface area is 134 Å². The zero-order valence-electron chi connectivity index (χ0n) is 15.3. The first kappa shape index (κ1) is 21.1. The Balaban J connectivity index is 5.55. The minimum Gasteiger partial charge on any atom is -0.373 e. The predicted molar refractivity (Wildman–Crippen MR) is 92.7 cm³/mol. The molecule has 0 aromatic heterocycles. The molecule has 0 radical (unpaired) electrons. The van der Waals surface area contributed by atoms with Crippen LogP contribution in [0.25, 0.3) is 0 Å². The van der Waals surface area contributed by atoms with E-state index in [-0.39, 0.29) is 5.04 Å². The monoisotopic (exact) mass is 318 g/mol. The van der Waals surface area contributed by atoms with Gasteiger partial charge in [0.05, 0.1) is 0 Å². The topological polar surface area (TPSA) is 27.7 Å². The summed E-state index contributed by atoms with van der Waals surface area (Å²) in [6.45, 7) is 15.0. The van der Waals surface area contributed by atoms with Gasteiger partial charge in [0.25, 0.3) is 0 Å². The normalized spacial score (nSPS) is 12.9. The summed E-state index contributed by atoms with van der Waals surface area (Å²) in [4.78, 5) is 0. The first-order chi connectivity index (χ1) is 10.1. The molecule has 0 aromatic carbocycles. The van der Waals surface area contributed by atoms with Crippen LogP contribution in [0.1, 0.15) is 86.5 Å². The Morgan fingerprint density at radius 2 is 1.05 bits per heavy atom. The predicted octanol–water partition coefficient (Wildman–Crippen LogP) is 5.57. The third-order valence-electron chi connectivity index (χ3n) is 4.35. The highest BCUT2D eigenvalue weighted by Crippen LogP contribution is 2.51. The van der Waals surface area contributed by atoms with E-state index in [0.717, 1.165) is 19.3 Å². The molecule has 0 unspecified atom stereocenters. The number of hydrogen-bond acceptors (Lipinski definition) is 3. The van der Waals surface area contributed by atoms with Crippen LogP contribution in [-0.4, -0.2) is 28.6 Å². The van der Waals surface area contributed by atoms with E-state index in [1.807, 2.05) is 0 Å². The lowest BCUT2D eigenvalue weighted by molar-refractivity contribution is 0.0361. The number of rotatable bonds is 14. The summed E-state index contributed by atoms with van der Waals surface area (Å²) in [5.41, 5.74) is 0. The van der Waals surface area contributed by atoms with Crippen molar-refractivity contribution in [1.82, 2.24) is 0 Å². The van der Waals surface area contributed by atoms with Crippen molar-refractivity contribution in [2.24, 2.45) is 0 Å². The van der Waals surface area contributed by atoms with Crippen molar-refractivity contribution in [3.63, 3.8) is 0 Å². The highest BCUT2D eigenvalue weighted by molar-refractivity contribution is 6.64. The Bertz CT molecular complexity index is 221. The molecular formula is C17H38O3Si. The summed E-state index contributed by atoms with van der Waals surface area (Å²) in [6, 6.07) is 0. The molecule has 0 aliphatic heterocycles. The van der Waals surface area contributed by atoms with Gasteiger partial charge in [0.15, 0.2) is 0 Å². The zero-order chi connectivity index (χ0) is 16.2. The molecule has 0 aromatic rings. The maximum Gasteiger partial charge on any atom is 0.507 e. The van der Waals surface area contributed by atoms with Gasteiger partial charge in [-0.05, 0) is 40.0 Å². The van der Waals surface area contributed by atoms with E-state index in [2.05, 4.69) is 41.5 Å². The smallest absolute Gasteiger partial charge is 0.373 e. The molecule has 0 atom stereocenters. The molecule has 0 amide bonds. The van der Waals surface area contributed by atoms with Crippen molar-refractivity contribution in [1.29, 1.82) is 0 Å². The van der Waals surface area contributed by atoms with Crippen molar-refractivity contribution in [3.05, 3.63) is 0 Å². The van der Waals surface area contributed by atoms with Crippen molar-refractivity contribution in [2.75, 3.05) is 19.8 Å². The molecule has 0 saturated carbocycles. The lowest BCUT2D eigenvalue weighted by Crippen LogP contribution is -2.56. The van der Waals surface area contributed by atoms with Crippen LogP contribution < -0.4 is 0 Å². The van der Waals surface area contributed by atoms with Gasteiger partial charge in [-0.3, -0.25) is 0 Å². The molecule has 0 bridgehead atoms. The van der Waals surface area contributed by atoms with Crippen molar-refractivity contribution >= 4 is 8.80 Å². The maximum absolute atomic E-state index is 6.26. The van der Waals surface area contributed by atoms with Crippen LogP contribution in [0.2, 0.25) is 5.04 Å². The molecule has 21 heavy (non-hydrogen) atoms. The van der Waals surface area contributed by atoms with Gasteiger partial charge in [-0.2, -0.15) is 0 Å². The maximum atomic E-state index is 6.26.